The Bertz CT molecular complexity index is 378. The third kappa shape index (κ3) is 5.07. The third-order valence-electron chi connectivity index (χ3n) is 2.00. The van der Waals surface area contributed by atoms with Gasteiger partial charge in [0.25, 0.3) is 5.91 Å². The Kier molecular flexibility index (Phi) is 5.97. The molecule has 1 aromatic carbocycles. The van der Waals surface area contributed by atoms with Gasteiger partial charge in [-0.05, 0) is 53.3 Å². The van der Waals surface area contributed by atoms with Gasteiger partial charge in [0.15, 0.2) is 0 Å². The molecule has 0 radical (unpaired) electrons. The summed E-state index contributed by atoms with van der Waals surface area (Å²) in [5, 5.41) is 2.80. The molecule has 1 rings (SSSR count). The third-order valence-corrected chi connectivity index (χ3v) is 3.58. The van der Waals surface area contributed by atoms with Gasteiger partial charge in [0.05, 0.1) is 0 Å². The van der Waals surface area contributed by atoms with Crippen LogP contribution in [-0.4, -0.2) is 28.7 Å². The summed E-state index contributed by atoms with van der Waals surface area (Å²) in [6.45, 7) is 0.574. The lowest BCUT2D eigenvalue weighted by molar-refractivity contribution is 0.0953. The number of rotatable bonds is 5. The van der Waals surface area contributed by atoms with Crippen LogP contribution in [0.1, 0.15) is 16.8 Å². The number of amides is 1. The molecule has 3 nitrogen and oxygen atoms in total. The largest absolute Gasteiger partial charge is 0.352 e. The van der Waals surface area contributed by atoms with Crippen LogP contribution in [-0.2, 0) is 10.8 Å². The van der Waals surface area contributed by atoms with Gasteiger partial charge in [-0.1, -0.05) is 0 Å². The maximum atomic E-state index is 11.6. The number of hydrogen-bond acceptors (Lipinski definition) is 2. The Morgan fingerprint density at radius 1 is 1.38 bits per heavy atom. The highest BCUT2D eigenvalue weighted by atomic mass is 127. The van der Waals surface area contributed by atoms with E-state index < -0.39 is 10.8 Å². The van der Waals surface area contributed by atoms with Crippen LogP contribution in [0.2, 0.25) is 0 Å². The van der Waals surface area contributed by atoms with E-state index in [1.54, 1.807) is 18.4 Å². The van der Waals surface area contributed by atoms with E-state index in [-0.39, 0.29) is 5.91 Å². The van der Waals surface area contributed by atoms with Gasteiger partial charge < -0.3 is 5.32 Å². The number of benzene rings is 1. The topological polar surface area (TPSA) is 46.2 Å². The molecule has 0 saturated carbocycles. The van der Waals surface area contributed by atoms with Gasteiger partial charge in [-0.15, -0.1) is 0 Å². The van der Waals surface area contributed by atoms with Gasteiger partial charge in [0.1, 0.15) is 0 Å². The van der Waals surface area contributed by atoms with E-state index in [2.05, 4.69) is 27.9 Å². The number of carbonyl (C=O) groups excluding carboxylic acids is 1. The molecule has 0 bridgehead atoms. The summed E-state index contributed by atoms with van der Waals surface area (Å²) in [5.41, 5.74) is 0.665. The highest BCUT2D eigenvalue weighted by Crippen LogP contribution is 2.06. The van der Waals surface area contributed by atoms with Crippen LogP contribution in [0, 0.1) is 3.57 Å². The lowest BCUT2D eigenvalue weighted by Gasteiger charge is -2.04. The molecule has 1 aromatic rings. The van der Waals surface area contributed by atoms with E-state index in [9.17, 15) is 9.00 Å². The fraction of sp³-hybridized carbons (Fsp3) is 0.364. The Hall–Kier alpha value is -0.430. The van der Waals surface area contributed by atoms with Crippen molar-refractivity contribution in [2.45, 2.75) is 6.42 Å². The number of hydrogen-bond donors (Lipinski definition) is 1. The van der Waals surface area contributed by atoms with E-state index >= 15 is 0 Å². The number of carbonyl (C=O) groups is 1. The Labute approximate surface area is 112 Å². The molecule has 0 heterocycles. The van der Waals surface area contributed by atoms with Crippen molar-refractivity contribution >= 4 is 39.3 Å². The predicted octanol–water partition coefficient (Wildman–Crippen LogP) is 1.79. The second kappa shape index (κ2) is 7.01. The van der Waals surface area contributed by atoms with Crippen molar-refractivity contribution in [1.82, 2.24) is 5.32 Å². The summed E-state index contributed by atoms with van der Waals surface area (Å²) in [4.78, 5) is 11.6. The highest BCUT2D eigenvalue weighted by Gasteiger charge is 2.03. The van der Waals surface area contributed by atoms with Crippen molar-refractivity contribution < 1.29 is 9.00 Å². The first-order valence-electron chi connectivity index (χ1n) is 4.93. The lowest BCUT2D eigenvalue weighted by atomic mass is 10.2. The second-order valence-corrected chi connectivity index (χ2v) is 6.19. The molecular formula is C11H14INO2S. The van der Waals surface area contributed by atoms with Crippen LogP contribution in [0.4, 0.5) is 0 Å². The minimum atomic E-state index is -0.780. The highest BCUT2D eigenvalue weighted by molar-refractivity contribution is 14.1. The summed E-state index contributed by atoms with van der Waals surface area (Å²) in [6.07, 6.45) is 2.42. The molecule has 0 saturated heterocycles. The molecule has 16 heavy (non-hydrogen) atoms. The average Bonchev–Trinajstić information content (AvgIpc) is 2.25. The van der Waals surface area contributed by atoms with Crippen molar-refractivity contribution in [3.05, 3.63) is 33.4 Å². The first-order chi connectivity index (χ1) is 7.59. The Morgan fingerprint density at radius 2 is 2.00 bits per heavy atom. The van der Waals surface area contributed by atoms with E-state index in [0.29, 0.717) is 17.9 Å². The van der Waals surface area contributed by atoms with Crippen LogP contribution in [0.15, 0.2) is 24.3 Å². The second-order valence-electron chi connectivity index (χ2n) is 3.39. The molecule has 0 aliphatic heterocycles. The molecule has 0 aliphatic rings. The van der Waals surface area contributed by atoms with Crippen LogP contribution < -0.4 is 5.32 Å². The molecule has 5 heteroatoms. The molecule has 0 aromatic heterocycles. The van der Waals surface area contributed by atoms with E-state index in [4.69, 9.17) is 0 Å². The van der Waals surface area contributed by atoms with Crippen molar-refractivity contribution in [1.29, 1.82) is 0 Å². The van der Waals surface area contributed by atoms with Crippen molar-refractivity contribution in [3.63, 3.8) is 0 Å². The smallest absolute Gasteiger partial charge is 0.251 e. The maximum Gasteiger partial charge on any atom is 0.251 e. The summed E-state index contributed by atoms with van der Waals surface area (Å²) in [5.74, 6) is 0.561. The van der Waals surface area contributed by atoms with Gasteiger partial charge in [0, 0.05) is 38.5 Å². The lowest BCUT2D eigenvalue weighted by Crippen LogP contribution is -2.25. The van der Waals surface area contributed by atoms with Crippen molar-refractivity contribution in [3.8, 4) is 0 Å². The molecule has 0 fully saturated rings. The van der Waals surface area contributed by atoms with Gasteiger partial charge in [0.2, 0.25) is 0 Å². The normalized spacial score (nSPS) is 12.1. The molecule has 0 spiro atoms. The minimum absolute atomic E-state index is 0.0710. The zero-order valence-corrected chi connectivity index (χ0v) is 12.0. The van der Waals surface area contributed by atoms with Crippen molar-refractivity contribution in [2.24, 2.45) is 0 Å². The molecule has 1 atom stereocenters. The zero-order valence-electron chi connectivity index (χ0n) is 9.03. The van der Waals surface area contributed by atoms with Crippen LogP contribution in [0.5, 0.6) is 0 Å². The van der Waals surface area contributed by atoms with Gasteiger partial charge >= 0.3 is 0 Å². The SMILES string of the molecule is CS(=O)CCCNC(=O)c1ccc(I)cc1. The van der Waals surface area contributed by atoms with Gasteiger partial charge in [-0.25, -0.2) is 0 Å². The standard InChI is InChI=1S/C11H14INO2S/c1-16(15)8-2-7-13-11(14)9-3-5-10(12)6-4-9/h3-6H,2,7-8H2,1H3,(H,13,14). The molecule has 88 valence electrons. The first kappa shape index (κ1) is 13.6. The number of nitrogens with one attached hydrogen (secondary N) is 1. The molecule has 1 unspecified atom stereocenters. The van der Waals surface area contributed by atoms with Crippen LogP contribution in [0.25, 0.3) is 0 Å². The fourth-order valence-corrected chi connectivity index (χ4v) is 2.09. The molecule has 0 aliphatic carbocycles. The number of halogens is 1. The summed E-state index contributed by atoms with van der Waals surface area (Å²) in [7, 11) is -0.780. The van der Waals surface area contributed by atoms with Gasteiger partial charge in [-0.2, -0.15) is 0 Å². The summed E-state index contributed by atoms with van der Waals surface area (Å²) >= 11 is 2.20. The van der Waals surface area contributed by atoms with Crippen LogP contribution in [0.3, 0.4) is 0 Å². The molecule has 1 amide bonds. The summed E-state index contributed by atoms with van der Waals surface area (Å²) in [6, 6.07) is 7.40. The maximum absolute atomic E-state index is 11.6. The zero-order chi connectivity index (χ0) is 12.0. The summed E-state index contributed by atoms with van der Waals surface area (Å²) < 4.78 is 11.9. The minimum Gasteiger partial charge on any atom is -0.352 e. The quantitative estimate of drug-likeness (QED) is 0.650. The average molecular weight is 351 g/mol. The van der Waals surface area contributed by atoms with Gasteiger partial charge in [-0.3, -0.25) is 9.00 Å². The first-order valence-corrected chi connectivity index (χ1v) is 7.74. The van der Waals surface area contributed by atoms with Crippen molar-refractivity contribution in [2.75, 3.05) is 18.6 Å². The predicted molar refractivity (Wildman–Crippen MR) is 75.0 cm³/mol. The monoisotopic (exact) mass is 351 g/mol. The van der Waals surface area contributed by atoms with E-state index in [1.165, 1.54) is 0 Å². The fourth-order valence-electron chi connectivity index (χ4n) is 1.18. The van der Waals surface area contributed by atoms with E-state index in [0.717, 1.165) is 9.99 Å². The van der Waals surface area contributed by atoms with E-state index in [1.807, 2.05) is 12.1 Å². The Balaban J connectivity index is 2.35. The Morgan fingerprint density at radius 3 is 2.56 bits per heavy atom. The molecular weight excluding hydrogens is 337 g/mol. The molecule has 1 N–H and O–H groups in total. The van der Waals surface area contributed by atoms with Crippen LogP contribution >= 0.6 is 22.6 Å².